The molecular formula is C19H25N3O2S. The second kappa shape index (κ2) is 7.54. The Morgan fingerprint density at radius 2 is 1.96 bits per heavy atom. The fraction of sp³-hybridized carbons (Fsp3) is 0.474. The standard InChI is InChI=1S/C19H25N3O2S/c1-13(18-14(2)25-15(3)20-18)21(4)19(23)16-7-5-6-8-17(16)22-9-11-24-12-10-22/h5-8,13H,9-12H2,1-4H3/t13-/m1/s1. The number of carbonyl (C=O) groups is 1. The summed E-state index contributed by atoms with van der Waals surface area (Å²) in [6.45, 7) is 9.14. The minimum Gasteiger partial charge on any atom is -0.378 e. The van der Waals surface area contributed by atoms with E-state index < -0.39 is 0 Å². The third kappa shape index (κ3) is 3.70. The topological polar surface area (TPSA) is 45.7 Å². The molecule has 1 aromatic carbocycles. The number of para-hydroxylation sites is 1. The summed E-state index contributed by atoms with van der Waals surface area (Å²) in [5, 5.41) is 1.04. The Bertz CT molecular complexity index is 753. The number of aromatic nitrogens is 1. The third-order valence-corrected chi connectivity index (χ3v) is 5.62. The minimum atomic E-state index is -0.0600. The lowest BCUT2D eigenvalue weighted by molar-refractivity contribution is 0.0739. The summed E-state index contributed by atoms with van der Waals surface area (Å²) in [5.74, 6) is 0.0274. The lowest BCUT2D eigenvalue weighted by atomic mass is 10.1. The highest BCUT2D eigenvalue weighted by Gasteiger charge is 2.26. The van der Waals surface area contributed by atoms with Crippen molar-refractivity contribution in [2.24, 2.45) is 0 Å². The summed E-state index contributed by atoms with van der Waals surface area (Å²) < 4.78 is 5.44. The number of carbonyl (C=O) groups excluding carboxylic acids is 1. The van der Waals surface area contributed by atoms with E-state index in [2.05, 4.69) is 16.8 Å². The molecule has 0 bridgehead atoms. The molecule has 25 heavy (non-hydrogen) atoms. The predicted molar refractivity (Wildman–Crippen MR) is 102 cm³/mol. The SMILES string of the molecule is Cc1nc([C@@H](C)N(C)C(=O)c2ccccc2N2CCOCC2)c(C)s1. The van der Waals surface area contributed by atoms with Gasteiger partial charge < -0.3 is 14.5 Å². The Kier molecular flexibility index (Phi) is 5.39. The third-order valence-electron chi connectivity index (χ3n) is 4.72. The Hall–Kier alpha value is -1.92. The molecule has 0 N–H and O–H groups in total. The molecule has 1 aromatic heterocycles. The fourth-order valence-corrected chi connectivity index (χ4v) is 4.12. The molecule has 3 rings (SSSR count). The van der Waals surface area contributed by atoms with Gasteiger partial charge in [0.05, 0.1) is 35.5 Å². The molecule has 1 saturated heterocycles. The van der Waals surface area contributed by atoms with E-state index in [1.54, 1.807) is 16.2 Å². The molecule has 0 unspecified atom stereocenters. The number of rotatable bonds is 4. The molecule has 1 aliphatic rings. The zero-order valence-electron chi connectivity index (χ0n) is 15.3. The second-order valence-electron chi connectivity index (χ2n) is 6.38. The van der Waals surface area contributed by atoms with Crippen LogP contribution in [0, 0.1) is 13.8 Å². The lowest BCUT2D eigenvalue weighted by Crippen LogP contribution is -2.38. The van der Waals surface area contributed by atoms with Crippen molar-refractivity contribution in [3.63, 3.8) is 0 Å². The predicted octanol–water partition coefficient (Wildman–Crippen LogP) is 3.43. The Balaban J connectivity index is 1.86. The van der Waals surface area contributed by atoms with Gasteiger partial charge in [-0.2, -0.15) is 0 Å². The highest BCUT2D eigenvalue weighted by Crippen LogP contribution is 2.29. The highest BCUT2D eigenvalue weighted by molar-refractivity contribution is 7.11. The van der Waals surface area contributed by atoms with Crippen molar-refractivity contribution < 1.29 is 9.53 Å². The van der Waals surface area contributed by atoms with Gasteiger partial charge in [0.1, 0.15) is 0 Å². The summed E-state index contributed by atoms with van der Waals surface area (Å²) in [7, 11) is 1.86. The molecule has 2 heterocycles. The molecule has 0 saturated carbocycles. The number of ether oxygens (including phenoxy) is 1. The molecular weight excluding hydrogens is 334 g/mol. The lowest BCUT2D eigenvalue weighted by Gasteiger charge is -2.32. The van der Waals surface area contributed by atoms with Crippen molar-refractivity contribution in [2.45, 2.75) is 26.8 Å². The first-order valence-electron chi connectivity index (χ1n) is 8.62. The quantitative estimate of drug-likeness (QED) is 0.839. The molecule has 1 aliphatic heterocycles. The van der Waals surface area contributed by atoms with Crippen molar-refractivity contribution in [1.82, 2.24) is 9.88 Å². The average molecular weight is 359 g/mol. The van der Waals surface area contributed by atoms with Crippen molar-refractivity contribution in [2.75, 3.05) is 38.3 Å². The Morgan fingerprint density at radius 1 is 1.28 bits per heavy atom. The molecule has 0 aliphatic carbocycles. The van der Waals surface area contributed by atoms with Crippen LogP contribution >= 0.6 is 11.3 Å². The monoisotopic (exact) mass is 359 g/mol. The number of anilines is 1. The maximum atomic E-state index is 13.2. The van der Waals surface area contributed by atoms with E-state index in [0.717, 1.165) is 35.0 Å². The minimum absolute atomic E-state index is 0.0274. The van der Waals surface area contributed by atoms with Crippen LogP contribution in [-0.4, -0.2) is 49.1 Å². The maximum absolute atomic E-state index is 13.2. The van der Waals surface area contributed by atoms with Crippen LogP contribution in [-0.2, 0) is 4.74 Å². The number of benzene rings is 1. The average Bonchev–Trinajstić information content (AvgIpc) is 2.98. The van der Waals surface area contributed by atoms with Crippen molar-refractivity contribution in [3.8, 4) is 0 Å². The fourth-order valence-electron chi connectivity index (χ4n) is 3.22. The number of morpholine rings is 1. The summed E-state index contributed by atoms with van der Waals surface area (Å²) >= 11 is 1.68. The first-order chi connectivity index (χ1) is 12.0. The largest absolute Gasteiger partial charge is 0.378 e. The van der Waals surface area contributed by atoms with E-state index in [-0.39, 0.29) is 11.9 Å². The van der Waals surface area contributed by atoms with E-state index in [4.69, 9.17) is 4.74 Å². The molecule has 0 radical (unpaired) electrons. The van der Waals surface area contributed by atoms with Gasteiger partial charge in [-0.1, -0.05) is 12.1 Å². The van der Waals surface area contributed by atoms with Gasteiger partial charge in [-0.25, -0.2) is 4.98 Å². The molecule has 0 spiro atoms. The van der Waals surface area contributed by atoms with Crippen molar-refractivity contribution >= 4 is 22.9 Å². The van der Waals surface area contributed by atoms with Crippen molar-refractivity contribution in [1.29, 1.82) is 0 Å². The van der Waals surface area contributed by atoms with Crippen LogP contribution in [0.5, 0.6) is 0 Å². The maximum Gasteiger partial charge on any atom is 0.256 e. The molecule has 1 amide bonds. The number of aryl methyl sites for hydroxylation is 2. The van der Waals surface area contributed by atoms with E-state index in [1.807, 2.05) is 45.2 Å². The number of thiazole rings is 1. The number of hydrogen-bond acceptors (Lipinski definition) is 5. The first kappa shape index (κ1) is 17.9. The van der Waals surface area contributed by atoms with Crippen LogP contribution in [0.25, 0.3) is 0 Å². The molecule has 5 nitrogen and oxygen atoms in total. The zero-order valence-corrected chi connectivity index (χ0v) is 16.1. The van der Waals surface area contributed by atoms with Gasteiger partial charge >= 0.3 is 0 Å². The van der Waals surface area contributed by atoms with Gasteiger partial charge in [-0.05, 0) is 32.9 Å². The van der Waals surface area contributed by atoms with Gasteiger partial charge in [0.25, 0.3) is 5.91 Å². The number of nitrogens with zero attached hydrogens (tertiary/aromatic N) is 3. The van der Waals surface area contributed by atoms with Gasteiger partial charge in [0.15, 0.2) is 0 Å². The normalized spacial score (nSPS) is 15.9. The number of amides is 1. The van der Waals surface area contributed by atoms with Gasteiger partial charge in [0, 0.05) is 30.7 Å². The summed E-state index contributed by atoms with van der Waals surface area (Å²) in [6, 6.07) is 7.78. The summed E-state index contributed by atoms with van der Waals surface area (Å²) in [6.07, 6.45) is 0. The van der Waals surface area contributed by atoms with Crippen LogP contribution in [0.1, 0.15) is 38.9 Å². The molecule has 6 heteroatoms. The van der Waals surface area contributed by atoms with Crippen molar-refractivity contribution in [3.05, 3.63) is 45.4 Å². The smallest absolute Gasteiger partial charge is 0.256 e. The van der Waals surface area contributed by atoms with Crippen LogP contribution < -0.4 is 4.90 Å². The highest BCUT2D eigenvalue weighted by atomic mass is 32.1. The van der Waals surface area contributed by atoms with Crippen LogP contribution in [0.3, 0.4) is 0 Å². The van der Waals surface area contributed by atoms with E-state index >= 15 is 0 Å². The van der Waals surface area contributed by atoms with Gasteiger partial charge in [-0.3, -0.25) is 4.79 Å². The van der Waals surface area contributed by atoms with Crippen LogP contribution in [0.2, 0.25) is 0 Å². The van der Waals surface area contributed by atoms with Gasteiger partial charge in [0.2, 0.25) is 0 Å². The zero-order chi connectivity index (χ0) is 18.0. The molecule has 134 valence electrons. The van der Waals surface area contributed by atoms with Crippen LogP contribution in [0.15, 0.2) is 24.3 Å². The van der Waals surface area contributed by atoms with Crippen LogP contribution in [0.4, 0.5) is 5.69 Å². The van der Waals surface area contributed by atoms with E-state index in [1.165, 1.54) is 4.88 Å². The van der Waals surface area contributed by atoms with Gasteiger partial charge in [-0.15, -0.1) is 11.3 Å². The number of hydrogen-bond donors (Lipinski definition) is 0. The Morgan fingerprint density at radius 3 is 2.60 bits per heavy atom. The van der Waals surface area contributed by atoms with E-state index in [9.17, 15) is 4.79 Å². The summed E-state index contributed by atoms with van der Waals surface area (Å²) in [4.78, 5) is 23.0. The first-order valence-corrected chi connectivity index (χ1v) is 9.43. The second-order valence-corrected chi connectivity index (χ2v) is 7.79. The van der Waals surface area contributed by atoms with E-state index in [0.29, 0.717) is 13.2 Å². The Labute approximate surface area is 153 Å². The molecule has 1 atom stereocenters. The summed E-state index contributed by atoms with van der Waals surface area (Å²) in [5.41, 5.74) is 2.71. The molecule has 2 aromatic rings. The molecule has 1 fully saturated rings.